The van der Waals surface area contributed by atoms with Crippen LogP contribution in [0.3, 0.4) is 0 Å². The third kappa shape index (κ3) is 4.46. The predicted octanol–water partition coefficient (Wildman–Crippen LogP) is 12.6. The van der Waals surface area contributed by atoms with Gasteiger partial charge in [0.05, 0.1) is 0 Å². The Morgan fingerprint density at radius 2 is 0.865 bits per heavy atom. The fourth-order valence-corrected chi connectivity index (χ4v) is 7.68. The fourth-order valence-electron chi connectivity index (χ4n) is 7.68. The average Bonchev–Trinajstić information content (AvgIpc) is 3.78. The lowest BCUT2D eigenvalue weighted by Crippen LogP contribution is -2.00. The molecular formula is C47H27N3O2. The summed E-state index contributed by atoms with van der Waals surface area (Å²) in [7, 11) is 0. The van der Waals surface area contributed by atoms with Crippen molar-refractivity contribution >= 4 is 65.4 Å². The van der Waals surface area contributed by atoms with E-state index in [1.807, 2.05) is 72.8 Å². The highest BCUT2D eigenvalue weighted by Crippen LogP contribution is 2.42. The van der Waals surface area contributed by atoms with Crippen LogP contribution in [0.2, 0.25) is 0 Å². The van der Waals surface area contributed by atoms with Crippen molar-refractivity contribution < 1.29 is 8.83 Å². The van der Waals surface area contributed by atoms with Crippen molar-refractivity contribution in [2.75, 3.05) is 0 Å². The van der Waals surface area contributed by atoms with E-state index in [9.17, 15) is 0 Å². The van der Waals surface area contributed by atoms with Crippen molar-refractivity contribution in [1.82, 2.24) is 15.0 Å². The van der Waals surface area contributed by atoms with Gasteiger partial charge in [0.1, 0.15) is 22.3 Å². The van der Waals surface area contributed by atoms with E-state index in [2.05, 4.69) is 91.0 Å². The van der Waals surface area contributed by atoms with Crippen molar-refractivity contribution in [3.8, 4) is 45.3 Å². The van der Waals surface area contributed by atoms with E-state index in [-0.39, 0.29) is 0 Å². The fraction of sp³-hybridized carbons (Fsp3) is 0. The molecule has 0 atom stereocenters. The maximum Gasteiger partial charge on any atom is 0.164 e. The maximum absolute atomic E-state index is 6.62. The molecule has 0 radical (unpaired) electrons. The Morgan fingerprint density at radius 1 is 0.308 bits per heavy atom. The zero-order valence-corrected chi connectivity index (χ0v) is 27.7. The minimum absolute atomic E-state index is 0.592. The molecule has 0 saturated heterocycles. The van der Waals surface area contributed by atoms with Gasteiger partial charge in [0.2, 0.25) is 0 Å². The van der Waals surface area contributed by atoms with Crippen LogP contribution >= 0.6 is 0 Å². The molecule has 52 heavy (non-hydrogen) atoms. The van der Waals surface area contributed by atoms with E-state index in [0.717, 1.165) is 71.5 Å². The first-order valence-corrected chi connectivity index (χ1v) is 17.3. The van der Waals surface area contributed by atoms with Crippen LogP contribution in [0, 0.1) is 0 Å². The van der Waals surface area contributed by atoms with Crippen LogP contribution in [-0.2, 0) is 0 Å². The molecule has 242 valence electrons. The van der Waals surface area contributed by atoms with Gasteiger partial charge in [-0.3, -0.25) is 0 Å². The number of aromatic nitrogens is 3. The third-order valence-electron chi connectivity index (χ3n) is 10.1. The van der Waals surface area contributed by atoms with Crippen molar-refractivity contribution in [2.45, 2.75) is 0 Å². The first-order chi connectivity index (χ1) is 25.7. The van der Waals surface area contributed by atoms with Crippen molar-refractivity contribution in [3.05, 3.63) is 164 Å². The lowest BCUT2D eigenvalue weighted by atomic mass is 9.92. The Kier molecular flexibility index (Phi) is 6.18. The summed E-state index contributed by atoms with van der Waals surface area (Å²) >= 11 is 0. The van der Waals surface area contributed by atoms with Crippen molar-refractivity contribution in [2.24, 2.45) is 0 Å². The summed E-state index contributed by atoms with van der Waals surface area (Å²) in [5, 5.41) is 8.92. The lowest BCUT2D eigenvalue weighted by Gasteiger charge is -2.11. The monoisotopic (exact) mass is 665 g/mol. The molecule has 3 aromatic heterocycles. The second kappa shape index (κ2) is 11.2. The molecule has 11 aromatic rings. The molecule has 0 aliphatic heterocycles. The Bertz CT molecular complexity index is 3190. The lowest BCUT2D eigenvalue weighted by molar-refractivity contribution is 0.668. The SMILES string of the molecule is c1ccc(-c2nc(-c3ccc4oc5ccccc5c4c3)nc(-c3ccc4oc5cc(-c6cccc7ccccc67)c6ccccc6c5c4c3)n2)cc1. The number of para-hydroxylation sites is 1. The Balaban J connectivity index is 1.12. The first-order valence-electron chi connectivity index (χ1n) is 17.3. The summed E-state index contributed by atoms with van der Waals surface area (Å²) in [6.07, 6.45) is 0. The Hall–Kier alpha value is -7.11. The largest absolute Gasteiger partial charge is 0.456 e. The van der Waals surface area contributed by atoms with Gasteiger partial charge in [-0.05, 0) is 81.2 Å². The molecule has 0 spiro atoms. The number of rotatable bonds is 4. The van der Waals surface area contributed by atoms with Crippen LogP contribution < -0.4 is 0 Å². The molecule has 0 amide bonds. The van der Waals surface area contributed by atoms with Crippen LogP contribution in [-0.4, -0.2) is 15.0 Å². The highest BCUT2D eigenvalue weighted by Gasteiger charge is 2.19. The van der Waals surface area contributed by atoms with Crippen LogP contribution in [0.5, 0.6) is 0 Å². The molecular weight excluding hydrogens is 639 g/mol. The molecule has 11 rings (SSSR count). The summed E-state index contributed by atoms with van der Waals surface area (Å²) in [5.74, 6) is 1.80. The Labute approximate surface area is 297 Å². The first kappa shape index (κ1) is 28.7. The van der Waals surface area contributed by atoms with E-state index < -0.39 is 0 Å². The van der Waals surface area contributed by atoms with E-state index in [1.54, 1.807) is 0 Å². The second-order valence-corrected chi connectivity index (χ2v) is 13.2. The molecule has 0 unspecified atom stereocenters. The van der Waals surface area contributed by atoms with Gasteiger partial charge in [0.15, 0.2) is 17.5 Å². The van der Waals surface area contributed by atoms with Crippen LogP contribution in [0.15, 0.2) is 173 Å². The van der Waals surface area contributed by atoms with Gasteiger partial charge in [-0.2, -0.15) is 0 Å². The molecule has 0 saturated carbocycles. The molecule has 0 aliphatic rings. The molecule has 0 aliphatic carbocycles. The number of benzene rings is 8. The van der Waals surface area contributed by atoms with Crippen molar-refractivity contribution in [1.29, 1.82) is 0 Å². The summed E-state index contributed by atoms with van der Waals surface area (Å²) in [6.45, 7) is 0. The van der Waals surface area contributed by atoms with Crippen LogP contribution in [0.25, 0.3) is 111 Å². The normalized spacial score (nSPS) is 11.8. The molecule has 0 fully saturated rings. The molecule has 8 aromatic carbocycles. The molecule has 0 N–H and O–H groups in total. The highest BCUT2D eigenvalue weighted by molar-refractivity contribution is 6.23. The van der Waals surface area contributed by atoms with Crippen LogP contribution in [0.1, 0.15) is 0 Å². The predicted molar refractivity (Wildman–Crippen MR) is 211 cm³/mol. The second-order valence-electron chi connectivity index (χ2n) is 13.2. The average molecular weight is 666 g/mol. The third-order valence-corrected chi connectivity index (χ3v) is 10.1. The highest BCUT2D eigenvalue weighted by atomic mass is 16.3. The molecule has 3 heterocycles. The number of nitrogens with zero attached hydrogens (tertiary/aromatic N) is 3. The van der Waals surface area contributed by atoms with Gasteiger partial charge >= 0.3 is 0 Å². The number of hydrogen-bond donors (Lipinski definition) is 0. The quantitative estimate of drug-likeness (QED) is 0.187. The van der Waals surface area contributed by atoms with Gasteiger partial charge in [-0.15, -0.1) is 0 Å². The van der Waals surface area contributed by atoms with Gasteiger partial charge in [0.25, 0.3) is 0 Å². The maximum atomic E-state index is 6.62. The van der Waals surface area contributed by atoms with Crippen molar-refractivity contribution in [3.63, 3.8) is 0 Å². The smallest absolute Gasteiger partial charge is 0.164 e. The summed E-state index contributed by atoms with van der Waals surface area (Å²) in [4.78, 5) is 15.2. The van der Waals surface area contributed by atoms with E-state index in [0.29, 0.717) is 17.5 Å². The number of fused-ring (bicyclic) bond motifs is 9. The van der Waals surface area contributed by atoms with Gasteiger partial charge in [-0.25, -0.2) is 15.0 Å². The zero-order chi connectivity index (χ0) is 34.2. The van der Waals surface area contributed by atoms with E-state index in [1.165, 1.54) is 21.7 Å². The van der Waals surface area contributed by atoms with Gasteiger partial charge in [-0.1, -0.05) is 115 Å². The van der Waals surface area contributed by atoms with E-state index >= 15 is 0 Å². The zero-order valence-electron chi connectivity index (χ0n) is 27.7. The van der Waals surface area contributed by atoms with E-state index in [4.69, 9.17) is 23.8 Å². The standard InChI is InChI=1S/C47H27N3O2/c1-2-12-29(13-3-1)45-48-46(30-21-23-41-38(25-30)35-17-8-9-20-40(35)51-41)50-47(49-45)31-22-24-42-39(26-31)44-36-18-7-6-16-34(36)37(27-43(44)52-42)33-19-10-14-28-11-4-5-15-32(28)33/h1-27H. The minimum atomic E-state index is 0.592. The van der Waals surface area contributed by atoms with Gasteiger partial charge in [0, 0.05) is 38.2 Å². The summed E-state index contributed by atoms with van der Waals surface area (Å²) in [6, 6.07) is 56.4. The van der Waals surface area contributed by atoms with Crippen LogP contribution in [0.4, 0.5) is 0 Å². The molecule has 5 nitrogen and oxygen atoms in total. The minimum Gasteiger partial charge on any atom is -0.456 e. The van der Waals surface area contributed by atoms with Gasteiger partial charge < -0.3 is 8.83 Å². The summed E-state index contributed by atoms with van der Waals surface area (Å²) < 4.78 is 12.7. The Morgan fingerprint density at radius 3 is 1.65 bits per heavy atom. The number of hydrogen-bond acceptors (Lipinski definition) is 5. The number of furan rings is 2. The molecule has 5 heteroatoms. The topological polar surface area (TPSA) is 65.0 Å². The molecule has 0 bridgehead atoms. The summed E-state index contributed by atoms with van der Waals surface area (Å²) in [5.41, 5.74) is 8.37.